The summed E-state index contributed by atoms with van der Waals surface area (Å²) in [5.74, 6) is -1.02. The molecule has 0 spiro atoms. The van der Waals surface area contributed by atoms with Gasteiger partial charge in [0, 0.05) is 5.57 Å². The molecule has 0 aromatic carbocycles. The fourth-order valence-corrected chi connectivity index (χ4v) is 1.32. The highest BCUT2D eigenvalue weighted by molar-refractivity contribution is 6.04. The minimum atomic E-state index is -0.544. The van der Waals surface area contributed by atoms with E-state index in [0.29, 0.717) is 24.2 Å². The van der Waals surface area contributed by atoms with Gasteiger partial charge in [-0.3, -0.25) is 4.79 Å². The second kappa shape index (κ2) is 4.60. The highest BCUT2D eigenvalue weighted by Crippen LogP contribution is 2.19. The Bertz CT molecular complexity index is 315. The van der Waals surface area contributed by atoms with Crippen LogP contribution in [0.15, 0.2) is 23.3 Å². The number of primary amides is 1. The van der Waals surface area contributed by atoms with Crippen molar-refractivity contribution in [1.29, 1.82) is 0 Å². The molecule has 1 amide bonds. The Morgan fingerprint density at radius 1 is 1.57 bits per heavy atom. The zero-order valence-electron chi connectivity index (χ0n) is 8.08. The van der Waals surface area contributed by atoms with E-state index >= 15 is 0 Å². The molecule has 2 N–H and O–H groups in total. The van der Waals surface area contributed by atoms with E-state index in [9.17, 15) is 9.59 Å². The number of amides is 1. The van der Waals surface area contributed by atoms with Crippen molar-refractivity contribution in [3.63, 3.8) is 0 Å². The number of allylic oxidation sites excluding steroid dienone is 1. The van der Waals surface area contributed by atoms with Gasteiger partial charge in [-0.15, -0.1) is 0 Å². The molecule has 0 radical (unpaired) electrons. The van der Waals surface area contributed by atoms with E-state index in [1.165, 1.54) is 0 Å². The van der Waals surface area contributed by atoms with Gasteiger partial charge in [0.15, 0.2) is 0 Å². The summed E-state index contributed by atoms with van der Waals surface area (Å²) in [5, 5.41) is 0. The minimum Gasteiger partial charge on any atom is -0.462 e. The van der Waals surface area contributed by atoms with Crippen molar-refractivity contribution in [2.45, 2.75) is 19.8 Å². The third-order valence-electron chi connectivity index (χ3n) is 1.96. The summed E-state index contributed by atoms with van der Waals surface area (Å²) in [4.78, 5) is 22.4. The molecule has 4 nitrogen and oxygen atoms in total. The number of rotatable bonds is 3. The van der Waals surface area contributed by atoms with E-state index in [4.69, 9.17) is 10.5 Å². The molecule has 1 aliphatic rings. The average molecular weight is 195 g/mol. The fraction of sp³-hybridized carbons (Fsp3) is 0.400. The van der Waals surface area contributed by atoms with Gasteiger partial charge in [0.1, 0.15) is 0 Å². The van der Waals surface area contributed by atoms with Crippen molar-refractivity contribution in [2.24, 2.45) is 5.73 Å². The van der Waals surface area contributed by atoms with Gasteiger partial charge >= 0.3 is 5.97 Å². The van der Waals surface area contributed by atoms with Crippen LogP contribution in [0.5, 0.6) is 0 Å². The van der Waals surface area contributed by atoms with E-state index in [0.717, 1.165) is 6.42 Å². The van der Waals surface area contributed by atoms with Crippen LogP contribution in [0.25, 0.3) is 0 Å². The zero-order valence-corrected chi connectivity index (χ0v) is 8.08. The summed E-state index contributed by atoms with van der Waals surface area (Å²) in [7, 11) is 0. The minimum absolute atomic E-state index is 0.294. The summed E-state index contributed by atoms with van der Waals surface area (Å²) in [6.07, 6.45) is 4.68. The predicted octanol–water partition coefficient (Wildman–Crippen LogP) is 0.681. The first-order chi connectivity index (χ1) is 6.66. The topological polar surface area (TPSA) is 69.4 Å². The maximum absolute atomic E-state index is 11.4. The molecule has 0 heterocycles. The van der Waals surface area contributed by atoms with E-state index in [1.54, 1.807) is 13.0 Å². The molecule has 0 aliphatic heterocycles. The molecule has 76 valence electrons. The maximum Gasteiger partial charge on any atom is 0.338 e. The average Bonchev–Trinajstić information content (AvgIpc) is 2.18. The monoisotopic (exact) mass is 195 g/mol. The van der Waals surface area contributed by atoms with Crippen LogP contribution >= 0.6 is 0 Å². The molecule has 0 atom stereocenters. The normalized spacial score (nSPS) is 15.5. The van der Waals surface area contributed by atoms with Crippen molar-refractivity contribution < 1.29 is 14.3 Å². The largest absolute Gasteiger partial charge is 0.462 e. The number of nitrogens with two attached hydrogens (primary N) is 1. The number of esters is 1. The quantitative estimate of drug-likeness (QED) is 0.673. The first-order valence-corrected chi connectivity index (χ1v) is 4.53. The van der Waals surface area contributed by atoms with Crippen LogP contribution in [0, 0.1) is 0 Å². The highest BCUT2D eigenvalue weighted by Gasteiger charge is 2.19. The molecular weight excluding hydrogens is 182 g/mol. The maximum atomic E-state index is 11.4. The third kappa shape index (κ3) is 2.22. The van der Waals surface area contributed by atoms with Crippen LogP contribution in [0.3, 0.4) is 0 Å². The number of hydrogen-bond donors (Lipinski definition) is 1. The lowest BCUT2D eigenvalue weighted by Crippen LogP contribution is -2.20. The van der Waals surface area contributed by atoms with Crippen molar-refractivity contribution in [1.82, 2.24) is 0 Å². The van der Waals surface area contributed by atoms with E-state index < -0.39 is 11.9 Å². The first kappa shape index (κ1) is 10.5. The number of hydrogen-bond acceptors (Lipinski definition) is 3. The van der Waals surface area contributed by atoms with E-state index in [1.807, 2.05) is 6.08 Å². The van der Waals surface area contributed by atoms with Gasteiger partial charge in [-0.05, 0) is 19.8 Å². The Labute approximate surface area is 82.4 Å². The standard InChI is InChI=1S/C10H13NO3/c1-2-14-10(13)8-6-4-3-5-7(8)9(11)12/h4,6H,2-3,5H2,1H3,(H2,11,12). The lowest BCUT2D eigenvalue weighted by Gasteiger charge is -2.11. The summed E-state index contributed by atoms with van der Waals surface area (Å²) in [5.41, 5.74) is 5.82. The second-order valence-corrected chi connectivity index (χ2v) is 2.92. The van der Waals surface area contributed by atoms with Gasteiger partial charge in [-0.25, -0.2) is 4.79 Å². The summed E-state index contributed by atoms with van der Waals surface area (Å²) in [6, 6.07) is 0. The van der Waals surface area contributed by atoms with Crippen molar-refractivity contribution >= 4 is 11.9 Å². The van der Waals surface area contributed by atoms with Crippen LogP contribution in [-0.2, 0) is 14.3 Å². The third-order valence-corrected chi connectivity index (χ3v) is 1.96. The van der Waals surface area contributed by atoms with Crippen LogP contribution < -0.4 is 5.73 Å². The molecule has 0 aromatic rings. The molecule has 14 heavy (non-hydrogen) atoms. The first-order valence-electron chi connectivity index (χ1n) is 4.53. The molecule has 1 aliphatic carbocycles. The molecule has 1 rings (SSSR count). The summed E-state index contributed by atoms with van der Waals surface area (Å²) >= 11 is 0. The Morgan fingerprint density at radius 3 is 2.86 bits per heavy atom. The van der Waals surface area contributed by atoms with Crippen LogP contribution in [0.1, 0.15) is 19.8 Å². The lowest BCUT2D eigenvalue weighted by atomic mass is 9.97. The Hall–Kier alpha value is -1.58. The molecule has 4 heteroatoms. The van der Waals surface area contributed by atoms with Crippen molar-refractivity contribution in [3.8, 4) is 0 Å². The zero-order chi connectivity index (χ0) is 10.6. The lowest BCUT2D eigenvalue weighted by molar-refractivity contribution is -0.138. The summed E-state index contributed by atoms with van der Waals surface area (Å²) < 4.78 is 4.81. The Kier molecular flexibility index (Phi) is 3.45. The molecule has 0 fully saturated rings. The number of ether oxygens (including phenoxy) is 1. The molecule has 0 saturated carbocycles. The molecule has 0 saturated heterocycles. The van der Waals surface area contributed by atoms with Gasteiger partial charge in [-0.2, -0.15) is 0 Å². The Balaban J connectivity index is 2.95. The van der Waals surface area contributed by atoms with Gasteiger partial charge in [0.2, 0.25) is 5.91 Å². The summed E-state index contributed by atoms with van der Waals surface area (Å²) in [6.45, 7) is 2.01. The predicted molar refractivity (Wildman–Crippen MR) is 51.2 cm³/mol. The van der Waals surface area contributed by atoms with Crippen LogP contribution in [0.2, 0.25) is 0 Å². The molecular formula is C10H13NO3. The van der Waals surface area contributed by atoms with Gasteiger partial charge < -0.3 is 10.5 Å². The van der Waals surface area contributed by atoms with Crippen LogP contribution in [-0.4, -0.2) is 18.5 Å². The van der Waals surface area contributed by atoms with E-state index in [2.05, 4.69) is 0 Å². The highest BCUT2D eigenvalue weighted by atomic mass is 16.5. The SMILES string of the molecule is CCOC(=O)C1=C(C(N)=O)CCC=C1. The van der Waals surface area contributed by atoms with Gasteiger partial charge in [0.05, 0.1) is 12.2 Å². The van der Waals surface area contributed by atoms with Gasteiger partial charge in [0.25, 0.3) is 0 Å². The van der Waals surface area contributed by atoms with Gasteiger partial charge in [-0.1, -0.05) is 12.2 Å². The van der Waals surface area contributed by atoms with E-state index in [-0.39, 0.29) is 0 Å². The molecule has 0 bridgehead atoms. The number of carbonyl (C=O) groups is 2. The Morgan fingerprint density at radius 2 is 2.29 bits per heavy atom. The smallest absolute Gasteiger partial charge is 0.338 e. The second-order valence-electron chi connectivity index (χ2n) is 2.92. The van der Waals surface area contributed by atoms with Crippen LogP contribution in [0.4, 0.5) is 0 Å². The fourth-order valence-electron chi connectivity index (χ4n) is 1.32. The molecule has 0 unspecified atom stereocenters. The van der Waals surface area contributed by atoms with Crippen molar-refractivity contribution in [2.75, 3.05) is 6.61 Å². The number of carbonyl (C=O) groups excluding carboxylic acids is 2. The van der Waals surface area contributed by atoms with Crippen molar-refractivity contribution in [3.05, 3.63) is 23.3 Å². The molecule has 0 aromatic heterocycles.